The highest BCUT2D eigenvalue weighted by atomic mass is 32.1. The Morgan fingerprint density at radius 2 is 2.08 bits per heavy atom. The van der Waals surface area contributed by atoms with Crippen LogP contribution < -0.4 is 10.6 Å². The van der Waals surface area contributed by atoms with Crippen LogP contribution in [0.2, 0.25) is 0 Å². The predicted octanol–water partition coefficient (Wildman–Crippen LogP) is 4.18. The Morgan fingerprint density at radius 3 is 2.64 bits per heavy atom. The molecular weight excluding hydrogens is 340 g/mol. The first-order valence-corrected chi connectivity index (χ1v) is 8.94. The average molecular weight is 360 g/mol. The second-order valence-corrected chi connectivity index (χ2v) is 8.01. The number of hydrogen-bond acceptors (Lipinski definition) is 6. The van der Waals surface area contributed by atoms with E-state index in [0.717, 1.165) is 18.5 Å². The third kappa shape index (κ3) is 4.14. The van der Waals surface area contributed by atoms with Crippen LogP contribution in [-0.2, 0) is 5.41 Å². The quantitative estimate of drug-likeness (QED) is 0.616. The van der Waals surface area contributed by atoms with Crippen molar-refractivity contribution >= 4 is 33.8 Å². The maximum absolute atomic E-state index is 12.4. The second kappa shape index (κ2) is 6.44. The molecular formula is C17H20N4O3S. The van der Waals surface area contributed by atoms with Crippen LogP contribution in [-0.4, -0.2) is 21.9 Å². The molecule has 7 nitrogen and oxygen atoms in total. The maximum Gasteiger partial charge on any atom is 0.293 e. The van der Waals surface area contributed by atoms with E-state index < -0.39 is 10.8 Å². The molecule has 0 atom stereocenters. The van der Waals surface area contributed by atoms with Gasteiger partial charge in [0.25, 0.3) is 11.6 Å². The van der Waals surface area contributed by atoms with E-state index >= 15 is 0 Å². The van der Waals surface area contributed by atoms with Crippen molar-refractivity contribution in [2.45, 2.75) is 45.1 Å². The number of anilines is 2. The lowest BCUT2D eigenvalue weighted by atomic mass is 9.93. The van der Waals surface area contributed by atoms with E-state index in [4.69, 9.17) is 0 Å². The number of nitro benzene ring substituents is 1. The molecule has 0 saturated heterocycles. The molecule has 8 heteroatoms. The van der Waals surface area contributed by atoms with Crippen LogP contribution in [0.1, 0.15) is 49.7 Å². The molecule has 0 unspecified atom stereocenters. The molecule has 1 saturated carbocycles. The summed E-state index contributed by atoms with van der Waals surface area (Å²) in [6.07, 6.45) is 2.03. The zero-order valence-corrected chi connectivity index (χ0v) is 15.1. The molecule has 0 spiro atoms. The number of benzene rings is 1. The molecule has 0 radical (unpaired) electrons. The number of hydrogen-bond donors (Lipinski definition) is 2. The van der Waals surface area contributed by atoms with Crippen molar-refractivity contribution in [2.24, 2.45) is 0 Å². The van der Waals surface area contributed by atoms with Gasteiger partial charge in [-0.15, -0.1) is 11.3 Å². The summed E-state index contributed by atoms with van der Waals surface area (Å²) < 4.78 is 0. The fourth-order valence-electron chi connectivity index (χ4n) is 2.24. The van der Waals surface area contributed by atoms with Gasteiger partial charge in [0, 0.05) is 28.5 Å². The molecule has 1 amide bonds. The number of amides is 1. The molecule has 132 valence electrons. The molecule has 1 heterocycles. The Bertz CT molecular complexity index is 822. The van der Waals surface area contributed by atoms with E-state index in [1.54, 1.807) is 12.1 Å². The van der Waals surface area contributed by atoms with Gasteiger partial charge in [0.05, 0.1) is 10.6 Å². The predicted molar refractivity (Wildman–Crippen MR) is 98.5 cm³/mol. The lowest BCUT2D eigenvalue weighted by molar-refractivity contribution is -0.384. The summed E-state index contributed by atoms with van der Waals surface area (Å²) >= 11 is 1.34. The Balaban J connectivity index is 1.78. The number of nitro groups is 1. The third-order valence-corrected chi connectivity index (χ3v) is 4.64. The number of thiazole rings is 1. The lowest BCUT2D eigenvalue weighted by Crippen LogP contribution is -2.14. The van der Waals surface area contributed by atoms with Crippen molar-refractivity contribution < 1.29 is 9.72 Å². The first-order chi connectivity index (χ1) is 11.7. The number of aromatic nitrogens is 1. The van der Waals surface area contributed by atoms with Crippen LogP contribution in [0.5, 0.6) is 0 Å². The number of nitrogens with zero attached hydrogens (tertiary/aromatic N) is 2. The minimum Gasteiger partial charge on any atom is -0.377 e. The standard InChI is InChI=1S/C17H20N4O3S/c1-17(2,3)14-9-25-16(19-14)20-15(22)10-4-7-12(18-11-5-6-11)13(8-10)21(23)24/h4,7-9,11,18H,5-6H2,1-3H3,(H,19,20,22). The first-order valence-electron chi connectivity index (χ1n) is 8.06. The smallest absolute Gasteiger partial charge is 0.293 e. The van der Waals surface area contributed by atoms with Gasteiger partial charge in [0.2, 0.25) is 0 Å². The molecule has 1 aromatic carbocycles. The summed E-state index contributed by atoms with van der Waals surface area (Å²) in [6.45, 7) is 6.13. The number of rotatable bonds is 5. The van der Waals surface area contributed by atoms with Crippen molar-refractivity contribution in [3.63, 3.8) is 0 Å². The highest BCUT2D eigenvalue weighted by molar-refractivity contribution is 7.14. The average Bonchev–Trinajstić information content (AvgIpc) is 3.21. The summed E-state index contributed by atoms with van der Waals surface area (Å²) in [5, 5.41) is 19.5. The van der Waals surface area contributed by atoms with Gasteiger partial charge in [0.1, 0.15) is 5.69 Å². The molecule has 0 aliphatic heterocycles. The van der Waals surface area contributed by atoms with Gasteiger partial charge < -0.3 is 5.32 Å². The topological polar surface area (TPSA) is 97.2 Å². The fraction of sp³-hybridized carbons (Fsp3) is 0.412. The van der Waals surface area contributed by atoms with Crippen LogP contribution in [0.25, 0.3) is 0 Å². The summed E-state index contributed by atoms with van der Waals surface area (Å²) in [4.78, 5) is 27.6. The Morgan fingerprint density at radius 1 is 1.36 bits per heavy atom. The minimum absolute atomic E-state index is 0.0888. The van der Waals surface area contributed by atoms with E-state index in [9.17, 15) is 14.9 Å². The summed E-state index contributed by atoms with van der Waals surface area (Å²) in [7, 11) is 0. The lowest BCUT2D eigenvalue weighted by Gasteiger charge is -2.14. The monoisotopic (exact) mass is 360 g/mol. The van der Waals surface area contributed by atoms with Crippen molar-refractivity contribution in [2.75, 3.05) is 10.6 Å². The SMILES string of the molecule is CC(C)(C)c1csc(NC(=O)c2ccc(NC3CC3)c([N+](=O)[O-])c2)n1. The Labute approximate surface area is 149 Å². The number of carbonyl (C=O) groups excluding carboxylic acids is 1. The molecule has 1 fully saturated rings. The zero-order chi connectivity index (χ0) is 18.2. The molecule has 3 rings (SSSR count). The van der Waals surface area contributed by atoms with Gasteiger partial charge in [0.15, 0.2) is 5.13 Å². The van der Waals surface area contributed by atoms with Crippen LogP contribution in [0.4, 0.5) is 16.5 Å². The molecule has 2 aromatic rings. The molecule has 25 heavy (non-hydrogen) atoms. The van der Waals surface area contributed by atoms with Gasteiger partial charge in [-0.25, -0.2) is 4.98 Å². The van der Waals surface area contributed by atoms with E-state index in [1.165, 1.54) is 17.4 Å². The highest BCUT2D eigenvalue weighted by Gasteiger charge is 2.26. The zero-order valence-electron chi connectivity index (χ0n) is 14.3. The third-order valence-electron chi connectivity index (χ3n) is 3.89. The fourth-order valence-corrected chi connectivity index (χ4v) is 3.17. The largest absolute Gasteiger partial charge is 0.377 e. The molecule has 1 aliphatic carbocycles. The summed E-state index contributed by atoms with van der Waals surface area (Å²) in [5.74, 6) is -0.407. The van der Waals surface area contributed by atoms with Crippen LogP contribution in [0.15, 0.2) is 23.6 Å². The molecule has 1 aromatic heterocycles. The highest BCUT2D eigenvalue weighted by Crippen LogP contribution is 2.32. The van der Waals surface area contributed by atoms with Gasteiger partial charge in [-0.1, -0.05) is 20.8 Å². The van der Waals surface area contributed by atoms with E-state index in [2.05, 4.69) is 15.6 Å². The van der Waals surface area contributed by atoms with E-state index in [1.807, 2.05) is 26.2 Å². The van der Waals surface area contributed by atoms with Crippen LogP contribution in [0, 0.1) is 10.1 Å². The van der Waals surface area contributed by atoms with Gasteiger partial charge >= 0.3 is 0 Å². The molecule has 0 bridgehead atoms. The Hall–Kier alpha value is -2.48. The number of carbonyl (C=O) groups is 1. The van der Waals surface area contributed by atoms with Crippen LogP contribution in [0.3, 0.4) is 0 Å². The van der Waals surface area contributed by atoms with Crippen molar-refractivity contribution in [1.29, 1.82) is 0 Å². The number of nitrogens with one attached hydrogen (secondary N) is 2. The van der Waals surface area contributed by atoms with Crippen molar-refractivity contribution in [1.82, 2.24) is 4.98 Å². The second-order valence-electron chi connectivity index (χ2n) is 7.15. The van der Waals surface area contributed by atoms with E-state index in [-0.39, 0.29) is 16.7 Å². The first kappa shape index (κ1) is 17.3. The van der Waals surface area contributed by atoms with Gasteiger partial charge in [-0.3, -0.25) is 20.2 Å². The maximum atomic E-state index is 12.4. The minimum atomic E-state index is -0.470. The van der Waals surface area contributed by atoms with Crippen LogP contribution >= 0.6 is 11.3 Å². The Kier molecular flexibility index (Phi) is 4.47. The summed E-state index contributed by atoms with van der Waals surface area (Å²) in [5.41, 5.74) is 1.39. The summed E-state index contributed by atoms with van der Waals surface area (Å²) in [6, 6.07) is 4.78. The van der Waals surface area contributed by atoms with Crippen molar-refractivity contribution in [3.05, 3.63) is 45.0 Å². The van der Waals surface area contributed by atoms with Gasteiger partial charge in [-0.2, -0.15) is 0 Å². The molecule has 2 N–H and O–H groups in total. The molecule has 1 aliphatic rings. The normalized spacial score (nSPS) is 14.2. The van der Waals surface area contributed by atoms with Gasteiger partial charge in [-0.05, 0) is 25.0 Å². The van der Waals surface area contributed by atoms with Crippen molar-refractivity contribution in [3.8, 4) is 0 Å². The van der Waals surface area contributed by atoms with E-state index in [0.29, 0.717) is 16.9 Å².